The number of rotatable bonds is 0. The monoisotopic (exact) mass is 159 g/mol. The second-order valence-electron chi connectivity index (χ2n) is 0.231. The van der Waals surface area contributed by atoms with E-state index >= 15 is 0 Å². The molecule has 0 aromatic rings. The molecule has 0 aliphatic heterocycles. The molecule has 7 heavy (non-hydrogen) atoms. The molecule has 4 nitrogen and oxygen atoms in total. The van der Waals surface area contributed by atoms with E-state index in [1.54, 1.807) is 0 Å². The zero-order chi connectivity index (χ0) is 3.58. The summed E-state index contributed by atoms with van der Waals surface area (Å²) in [6.45, 7) is 0. The van der Waals surface area contributed by atoms with Gasteiger partial charge < -0.3 is 6.15 Å². The molecule has 0 saturated heterocycles. The van der Waals surface area contributed by atoms with Crippen molar-refractivity contribution in [3.8, 4) is 0 Å². The van der Waals surface area contributed by atoms with Crippen LogP contribution >= 0.6 is 12.4 Å². The Labute approximate surface area is 72.5 Å². The summed E-state index contributed by atoms with van der Waals surface area (Å²) in [7, 11) is 0. The van der Waals surface area contributed by atoms with Gasteiger partial charge in [-0.3, -0.25) is 9.11 Å². The normalized spacial score (nSPS) is 5.00. The molecular formula is H7ClNNaO3S. The minimum absolute atomic E-state index is 0. The Morgan fingerprint density at radius 2 is 1.29 bits per heavy atom. The van der Waals surface area contributed by atoms with Gasteiger partial charge in [-0.25, -0.2) is 0 Å². The minimum atomic E-state index is -2.61. The van der Waals surface area contributed by atoms with Crippen molar-refractivity contribution in [3.05, 3.63) is 0 Å². The second kappa shape index (κ2) is 15.7. The Hall–Kier alpha value is 1.32. The van der Waals surface area contributed by atoms with Crippen LogP contribution in [0.2, 0.25) is 0 Å². The molecule has 44 valence electrons. The molecule has 0 saturated carbocycles. The summed E-state index contributed by atoms with van der Waals surface area (Å²) >= 11 is -2.61. The summed E-state index contributed by atoms with van der Waals surface area (Å²) in [6.07, 6.45) is 0. The number of halogens is 1. The quantitative estimate of drug-likeness (QED) is 0.332. The summed E-state index contributed by atoms with van der Waals surface area (Å²) in [6, 6.07) is 0. The van der Waals surface area contributed by atoms with Crippen molar-refractivity contribution in [1.82, 2.24) is 6.15 Å². The first-order valence-corrected chi connectivity index (χ1v) is 1.60. The van der Waals surface area contributed by atoms with E-state index in [0.29, 0.717) is 0 Å². The summed E-state index contributed by atoms with van der Waals surface area (Å²) in [5.41, 5.74) is 0. The van der Waals surface area contributed by atoms with Gasteiger partial charge in [0.05, 0.1) is 0 Å². The average molecular weight is 160 g/mol. The molecular weight excluding hydrogens is 153 g/mol. The topological polar surface area (TPSA) is 92.5 Å². The van der Waals surface area contributed by atoms with Crippen LogP contribution < -0.4 is 6.15 Å². The van der Waals surface area contributed by atoms with Crippen molar-refractivity contribution in [3.63, 3.8) is 0 Å². The first-order chi connectivity index (χ1) is 1.73. The third-order valence-electron chi connectivity index (χ3n) is 0. The van der Waals surface area contributed by atoms with Gasteiger partial charge in [0.1, 0.15) is 0 Å². The molecule has 0 aliphatic rings. The van der Waals surface area contributed by atoms with E-state index in [1.165, 1.54) is 0 Å². The number of hydrogen-bond donors (Lipinski definition) is 3. The van der Waals surface area contributed by atoms with Gasteiger partial charge in [-0.05, 0) is 0 Å². The molecule has 0 aromatic carbocycles. The van der Waals surface area contributed by atoms with E-state index in [-0.39, 0.29) is 48.1 Å². The molecule has 0 fully saturated rings. The van der Waals surface area contributed by atoms with Gasteiger partial charge in [0, 0.05) is 0 Å². The van der Waals surface area contributed by atoms with Crippen LogP contribution in [0, 0.1) is 0 Å². The summed E-state index contributed by atoms with van der Waals surface area (Å²) in [5, 5.41) is 0. The van der Waals surface area contributed by atoms with Crippen molar-refractivity contribution >= 4 is 53.3 Å². The van der Waals surface area contributed by atoms with Crippen LogP contribution in [0.25, 0.3) is 0 Å². The zero-order valence-corrected chi connectivity index (χ0v) is 4.46. The van der Waals surface area contributed by atoms with E-state index in [4.69, 9.17) is 13.3 Å². The summed E-state index contributed by atoms with van der Waals surface area (Å²) in [4.78, 5) is 0. The van der Waals surface area contributed by atoms with E-state index < -0.39 is 11.4 Å². The fourth-order valence-corrected chi connectivity index (χ4v) is 0. The van der Waals surface area contributed by atoms with Gasteiger partial charge in [0.2, 0.25) is 0 Å². The standard InChI is InChI=1S/ClH.H3N.Na.H2O3S.H/c;;;1-4(2)3;/h1H;1H3;;(H2,1,2,3);. The van der Waals surface area contributed by atoms with Crippen LogP contribution in [0.4, 0.5) is 0 Å². The van der Waals surface area contributed by atoms with Crippen LogP contribution in [-0.4, -0.2) is 42.9 Å². The third-order valence-corrected chi connectivity index (χ3v) is 0. The van der Waals surface area contributed by atoms with Crippen LogP contribution in [0.3, 0.4) is 0 Å². The third kappa shape index (κ3) is 119. The molecule has 0 spiro atoms. The van der Waals surface area contributed by atoms with Crippen molar-refractivity contribution < 1.29 is 13.3 Å². The summed E-state index contributed by atoms with van der Waals surface area (Å²) < 4.78 is 22.8. The molecule has 0 amide bonds. The van der Waals surface area contributed by atoms with Crippen molar-refractivity contribution in [2.75, 3.05) is 0 Å². The molecule has 0 radical (unpaired) electrons. The fourth-order valence-electron chi connectivity index (χ4n) is 0. The van der Waals surface area contributed by atoms with Crippen LogP contribution in [0.1, 0.15) is 0 Å². The number of hydrogen-bond acceptors (Lipinski definition) is 2. The van der Waals surface area contributed by atoms with Gasteiger partial charge in [-0.1, -0.05) is 0 Å². The predicted octanol–water partition coefficient (Wildman–Crippen LogP) is -0.384. The molecule has 0 aromatic heterocycles. The van der Waals surface area contributed by atoms with E-state index in [1.807, 2.05) is 0 Å². The van der Waals surface area contributed by atoms with Crippen LogP contribution in [0.5, 0.6) is 0 Å². The Balaban J connectivity index is -0.0000000150. The van der Waals surface area contributed by atoms with Gasteiger partial charge in [-0.2, -0.15) is 4.21 Å². The molecule has 0 bridgehead atoms. The Morgan fingerprint density at radius 1 is 1.29 bits per heavy atom. The van der Waals surface area contributed by atoms with Crippen LogP contribution in [-0.2, 0) is 11.4 Å². The Morgan fingerprint density at radius 3 is 1.29 bits per heavy atom. The van der Waals surface area contributed by atoms with E-state index in [0.717, 1.165) is 0 Å². The van der Waals surface area contributed by atoms with Gasteiger partial charge in [-0.15, -0.1) is 12.4 Å². The molecule has 7 heteroatoms. The van der Waals surface area contributed by atoms with Gasteiger partial charge in [0.15, 0.2) is 0 Å². The Kier molecular flexibility index (Phi) is 53.5. The van der Waals surface area contributed by atoms with Gasteiger partial charge in [0.25, 0.3) is 11.4 Å². The fraction of sp³-hybridized carbons (Fsp3) is 0. The predicted molar refractivity (Wildman–Crippen MR) is 32.8 cm³/mol. The zero-order valence-electron chi connectivity index (χ0n) is 2.83. The van der Waals surface area contributed by atoms with E-state index in [9.17, 15) is 0 Å². The Bertz CT molecular complexity index is 37.9. The van der Waals surface area contributed by atoms with Crippen molar-refractivity contribution in [2.45, 2.75) is 0 Å². The van der Waals surface area contributed by atoms with Crippen LogP contribution in [0.15, 0.2) is 0 Å². The maximum absolute atomic E-state index is 8.67. The molecule has 0 atom stereocenters. The molecule has 0 aliphatic carbocycles. The summed E-state index contributed by atoms with van der Waals surface area (Å²) in [5.74, 6) is 0. The first-order valence-electron chi connectivity index (χ1n) is 0.532. The molecule has 5 N–H and O–H groups in total. The van der Waals surface area contributed by atoms with Crippen molar-refractivity contribution in [2.24, 2.45) is 0 Å². The first kappa shape index (κ1) is 23.9. The van der Waals surface area contributed by atoms with Gasteiger partial charge >= 0.3 is 29.6 Å². The average Bonchev–Trinajstić information content (AvgIpc) is 0.811. The van der Waals surface area contributed by atoms with Crippen molar-refractivity contribution in [1.29, 1.82) is 0 Å². The van der Waals surface area contributed by atoms with E-state index in [2.05, 4.69) is 0 Å². The maximum atomic E-state index is 8.67. The molecule has 0 unspecified atom stereocenters. The molecule has 0 heterocycles. The SMILES string of the molecule is Cl.N.O=S(O)O.[NaH]. The molecule has 0 rings (SSSR count). The second-order valence-corrected chi connectivity index (χ2v) is 0.692.